The fourth-order valence-electron chi connectivity index (χ4n) is 3.18. The molecule has 1 atom stereocenters. The minimum Gasteiger partial charge on any atom is -0.404 e. The molecule has 186 valence electrons. The molecule has 0 aliphatic heterocycles. The second kappa shape index (κ2) is 14.3. The van der Waals surface area contributed by atoms with Crippen molar-refractivity contribution in [2.24, 2.45) is 10.7 Å². The summed E-state index contributed by atoms with van der Waals surface area (Å²) in [5.41, 5.74) is 7.65. The van der Waals surface area contributed by atoms with Gasteiger partial charge in [-0.05, 0) is 62.8 Å². The summed E-state index contributed by atoms with van der Waals surface area (Å²) < 4.78 is 27.3. The third-order valence-electron chi connectivity index (χ3n) is 5.07. The molecule has 0 fully saturated rings. The Morgan fingerprint density at radius 3 is 2.57 bits per heavy atom. The molecular weight excluding hydrogens is 448 g/mol. The van der Waals surface area contributed by atoms with E-state index in [4.69, 9.17) is 5.73 Å². The van der Waals surface area contributed by atoms with Crippen molar-refractivity contribution in [2.75, 3.05) is 13.1 Å². The predicted molar refractivity (Wildman–Crippen MR) is 139 cm³/mol. The monoisotopic (exact) mass is 481 g/mol. The summed E-state index contributed by atoms with van der Waals surface area (Å²) in [5.74, 6) is -0.986. The number of nitrogens with zero attached hydrogens (tertiary/aromatic N) is 4. The van der Waals surface area contributed by atoms with E-state index in [0.29, 0.717) is 29.1 Å². The third kappa shape index (κ3) is 8.10. The number of halogens is 2. The second-order valence-corrected chi connectivity index (χ2v) is 7.42. The molecule has 2 rings (SSSR count). The highest BCUT2D eigenvalue weighted by atomic mass is 19.1. The summed E-state index contributed by atoms with van der Waals surface area (Å²) in [5, 5.41) is 0. The van der Waals surface area contributed by atoms with E-state index in [0.717, 1.165) is 6.08 Å². The van der Waals surface area contributed by atoms with Gasteiger partial charge in [-0.3, -0.25) is 9.79 Å². The van der Waals surface area contributed by atoms with Crippen LogP contribution in [0.4, 0.5) is 8.78 Å². The van der Waals surface area contributed by atoms with Crippen LogP contribution >= 0.6 is 0 Å². The molecule has 0 aliphatic rings. The smallest absolute Gasteiger partial charge is 0.255 e. The van der Waals surface area contributed by atoms with E-state index in [-0.39, 0.29) is 31.5 Å². The molecule has 0 radical (unpaired) electrons. The maximum atomic E-state index is 14.0. The summed E-state index contributed by atoms with van der Waals surface area (Å²) >= 11 is 0. The lowest BCUT2D eigenvalue weighted by atomic mass is 10.0. The highest BCUT2D eigenvalue weighted by molar-refractivity contribution is 6.00. The Labute approximate surface area is 206 Å². The molecule has 1 aromatic carbocycles. The van der Waals surface area contributed by atoms with Crippen LogP contribution in [-0.2, 0) is 0 Å². The standard InChI is InChI=1S/C26H29F2N5O.CH4/c1-5-21(27)9-8-18(3)20(15-29)17-30-16-19(4)33(6-2)26(34)24-14-22(28)10-11-23(24)25-31-12-7-13-32-25;/h5,7-15,17,19H,1,6,16,29H2,2-4H3;1H4/b18-8+,20-15+,21-9+,30-17?;/t19-;/m0./s1. The lowest BCUT2D eigenvalue weighted by molar-refractivity contribution is 0.0710. The Hall–Kier alpha value is -3.94. The molecule has 0 unspecified atom stereocenters. The van der Waals surface area contributed by atoms with Crippen LogP contribution in [0.1, 0.15) is 38.6 Å². The lowest BCUT2D eigenvalue weighted by Crippen LogP contribution is -2.40. The van der Waals surface area contributed by atoms with Crippen molar-refractivity contribution in [3.05, 3.63) is 96.0 Å². The number of hydrogen-bond donors (Lipinski definition) is 1. The van der Waals surface area contributed by atoms with Gasteiger partial charge in [-0.2, -0.15) is 0 Å². The topological polar surface area (TPSA) is 84.5 Å². The maximum absolute atomic E-state index is 14.0. The van der Waals surface area contributed by atoms with Gasteiger partial charge in [0.1, 0.15) is 11.6 Å². The molecule has 1 heterocycles. The minimum atomic E-state index is -0.522. The first-order valence-corrected chi connectivity index (χ1v) is 10.8. The van der Waals surface area contributed by atoms with Gasteiger partial charge in [0.25, 0.3) is 5.91 Å². The van der Waals surface area contributed by atoms with Crippen molar-refractivity contribution in [3.8, 4) is 11.4 Å². The molecule has 0 spiro atoms. The van der Waals surface area contributed by atoms with Crippen LogP contribution in [0.3, 0.4) is 0 Å². The van der Waals surface area contributed by atoms with Crippen LogP contribution < -0.4 is 5.73 Å². The summed E-state index contributed by atoms with van der Waals surface area (Å²) in [4.78, 5) is 27.8. The van der Waals surface area contributed by atoms with Gasteiger partial charge in [0.05, 0.1) is 12.1 Å². The molecule has 2 N–H and O–H groups in total. The van der Waals surface area contributed by atoms with Crippen LogP contribution in [0.2, 0.25) is 0 Å². The fourth-order valence-corrected chi connectivity index (χ4v) is 3.18. The number of nitrogens with two attached hydrogens (primary N) is 1. The van der Waals surface area contributed by atoms with E-state index in [1.807, 2.05) is 13.8 Å². The summed E-state index contributed by atoms with van der Waals surface area (Å²) in [7, 11) is 0. The number of aromatic nitrogens is 2. The van der Waals surface area contributed by atoms with Gasteiger partial charge in [0.2, 0.25) is 0 Å². The third-order valence-corrected chi connectivity index (χ3v) is 5.07. The Kier molecular flexibility index (Phi) is 11.9. The quantitative estimate of drug-likeness (QED) is 0.350. The lowest BCUT2D eigenvalue weighted by Gasteiger charge is -2.27. The first-order valence-electron chi connectivity index (χ1n) is 10.8. The second-order valence-electron chi connectivity index (χ2n) is 7.42. The van der Waals surface area contributed by atoms with Crippen LogP contribution in [0, 0.1) is 5.82 Å². The maximum Gasteiger partial charge on any atom is 0.255 e. The van der Waals surface area contributed by atoms with Crippen molar-refractivity contribution >= 4 is 12.1 Å². The number of carbonyl (C=O) groups is 1. The molecule has 1 aromatic heterocycles. The Morgan fingerprint density at radius 1 is 1.29 bits per heavy atom. The van der Waals surface area contributed by atoms with Crippen LogP contribution in [0.25, 0.3) is 11.4 Å². The number of likely N-dealkylation sites (N-methyl/N-ethyl adjacent to an activating group) is 1. The van der Waals surface area contributed by atoms with Crippen molar-refractivity contribution in [1.29, 1.82) is 0 Å². The van der Waals surface area contributed by atoms with E-state index < -0.39 is 11.6 Å². The average molecular weight is 482 g/mol. The van der Waals surface area contributed by atoms with Gasteiger partial charge in [0, 0.05) is 48.5 Å². The first kappa shape index (κ1) is 29.1. The van der Waals surface area contributed by atoms with E-state index in [1.165, 1.54) is 30.5 Å². The Balaban J connectivity index is 0.00000612. The number of allylic oxidation sites excluding steroid dienone is 6. The molecule has 0 bridgehead atoms. The molecular formula is C27H33F2N5O. The van der Waals surface area contributed by atoms with E-state index in [2.05, 4.69) is 21.5 Å². The fraction of sp³-hybridized carbons (Fsp3) is 0.259. The number of rotatable bonds is 10. The number of aliphatic imine (C=N–C) groups is 1. The molecule has 1 amide bonds. The summed E-state index contributed by atoms with van der Waals surface area (Å²) in [6.07, 6.45) is 10.0. The van der Waals surface area contributed by atoms with Gasteiger partial charge < -0.3 is 10.6 Å². The van der Waals surface area contributed by atoms with Crippen molar-refractivity contribution < 1.29 is 13.6 Å². The molecule has 8 heteroatoms. The molecule has 35 heavy (non-hydrogen) atoms. The highest BCUT2D eigenvalue weighted by Gasteiger charge is 2.24. The zero-order chi connectivity index (χ0) is 25.1. The normalized spacial score (nSPS) is 13.3. The SMILES string of the molecule is C.C=C\C(F)=C/C=C(C)/C(C=NC[C@H](C)N(CC)C(=O)c1cc(F)ccc1-c1ncccn1)=C/N. The van der Waals surface area contributed by atoms with Gasteiger partial charge in [0.15, 0.2) is 5.82 Å². The summed E-state index contributed by atoms with van der Waals surface area (Å²) in [6, 6.07) is 5.36. The van der Waals surface area contributed by atoms with Crippen LogP contribution in [-0.4, -0.2) is 46.1 Å². The number of amides is 1. The predicted octanol–water partition coefficient (Wildman–Crippen LogP) is 5.67. The average Bonchev–Trinajstić information content (AvgIpc) is 2.85. The van der Waals surface area contributed by atoms with Gasteiger partial charge in [-0.1, -0.05) is 20.1 Å². The Bertz CT molecular complexity index is 1120. The van der Waals surface area contributed by atoms with Crippen LogP contribution in [0.15, 0.2) is 89.6 Å². The van der Waals surface area contributed by atoms with Gasteiger partial charge in [-0.25, -0.2) is 18.7 Å². The van der Waals surface area contributed by atoms with Crippen molar-refractivity contribution in [3.63, 3.8) is 0 Å². The van der Waals surface area contributed by atoms with Crippen molar-refractivity contribution in [1.82, 2.24) is 14.9 Å². The Morgan fingerprint density at radius 2 is 1.97 bits per heavy atom. The molecule has 0 saturated heterocycles. The van der Waals surface area contributed by atoms with E-state index >= 15 is 0 Å². The van der Waals surface area contributed by atoms with Gasteiger partial charge >= 0.3 is 0 Å². The van der Waals surface area contributed by atoms with Gasteiger partial charge in [-0.15, -0.1) is 0 Å². The highest BCUT2D eigenvalue weighted by Crippen LogP contribution is 2.23. The largest absolute Gasteiger partial charge is 0.404 e. The molecule has 0 saturated carbocycles. The molecule has 6 nitrogen and oxygen atoms in total. The first-order chi connectivity index (χ1) is 16.3. The summed E-state index contributed by atoms with van der Waals surface area (Å²) in [6.45, 7) is 9.52. The molecule has 0 aliphatic carbocycles. The van der Waals surface area contributed by atoms with E-state index in [1.54, 1.807) is 42.6 Å². The number of carbonyl (C=O) groups excluding carboxylic acids is 1. The minimum absolute atomic E-state index is 0. The van der Waals surface area contributed by atoms with E-state index in [9.17, 15) is 13.6 Å². The zero-order valence-corrected chi connectivity index (χ0v) is 19.6. The number of hydrogen-bond acceptors (Lipinski definition) is 5. The van der Waals surface area contributed by atoms with Crippen molar-refractivity contribution in [2.45, 2.75) is 34.2 Å². The number of benzene rings is 1. The van der Waals surface area contributed by atoms with Crippen LogP contribution in [0.5, 0.6) is 0 Å². The zero-order valence-electron chi connectivity index (χ0n) is 19.6. The molecule has 2 aromatic rings.